The Balaban J connectivity index is 1.48. The number of nitrogens with zero attached hydrogens (tertiary/aromatic N) is 1. The number of ether oxygens (including phenoxy) is 3. The molecule has 0 aliphatic carbocycles. The Labute approximate surface area is 217 Å². The third kappa shape index (κ3) is 6.36. The lowest BCUT2D eigenvalue weighted by atomic mass is 9.93. The van der Waals surface area contributed by atoms with Crippen molar-refractivity contribution in [3.63, 3.8) is 0 Å². The molecule has 1 aliphatic rings. The average Bonchev–Trinajstić information content (AvgIpc) is 3.30. The van der Waals surface area contributed by atoms with Crippen LogP contribution in [0.25, 0.3) is 0 Å². The van der Waals surface area contributed by atoms with Gasteiger partial charge in [0.1, 0.15) is 24.5 Å². The predicted octanol–water partition coefficient (Wildman–Crippen LogP) is 5.21. The van der Waals surface area contributed by atoms with E-state index in [4.69, 9.17) is 14.2 Å². The van der Waals surface area contributed by atoms with Gasteiger partial charge in [0.05, 0.1) is 13.2 Å². The minimum atomic E-state index is -0.607. The molecule has 2 amide bonds. The van der Waals surface area contributed by atoms with Crippen LogP contribution in [0.2, 0.25) is 0 Å². The second kappa shape index (κ2) is 12.2. The Bertz CT molecular complexity index is 1230. The molecular weight excluding hydrogens is 470 g/mol. The van der Waals surface area contributed by atoms with Crippen molar-refractivity contribution in [2.24, 2.45) is 5.92 Å². The van der Waals surface area contributed by atoms with Crippen molar-refractivity contribution < 1.29 is 28.6 Å². The highest BCUT2D eigenvalue weighted by molar-refractivity contribution is 5.95. The average molecular weight is 502 g/mol. The summed E-state index contributed by atoms with van der Waals surface area (Å²) in [5, 5.41) is 0. The van der Waals surface area contributed by atoms with Gasteiger partial charge in [-0.05, 0) is 48.1 Å². The lowest BCUT2D eigenvalue weighted by Gasteiger charge is -2.24. The summed E-state index contributed by atoms with van der Waals surface area (Å²) in [5.41, 5.74) is 2.98. The number of imide groups is 1. The van der Waals surface area contributed by atoms with Crippen LogP contribution >= 0.6 is 0 Å². The van der Waals surface area contributed by atoms with Crippen LogP contribution in [0.3, 0.4) is 0 Å². The highest BCUT2D eigenvalue weighted by Crippen LogP contribution is 2.26. The first kappa shape index (κ1) is 25.9. The first-order valence-electron chi connectivity index (χ1n) is 12.4. The van der Waals surface area contributed by atoms with Crippen LogP contribution < -0.4 is 4.74 Å². The normalized spacial score (nSPS) is 15.7. The molecule has 2 atom stereocenters. The molecule has 1 heterocycles. The molecule has 7 heteroatoms. The standard InChI is InChI=1S/C30H31NO6/c1-3-24(28(32)31-25(20-37-30(31)34)17-21-10-6-4-7-11-21)16-23-14-15-27(35-2)26(18-23)29(33)36-19-22-12-8-5-9-13-22/h4-15,18,24-25H,3,16-17,19-20H2,1-2H3/t24-,25+/m1/s1. The molecule has 1 saturated heterocycles. The number of rotatable bonds is 10. The van der Waals surface area contributed by atoms with Gasteiger partial charge in [-0.15, -0.1) is 0 Å². The monoisotopic (exact) mass is 501 g/mol. The fourth-order valence-corrected chi connectivity index (χ4v) is 4.50. The summed E-state index contributed by atoms with van der Waals surface area (Å²) in [6, 6.07) is 24.0. The topological polar surface area (TPSA) is 82.1 Å². The summed E-state index contributed by atoms with van der Waals surface area (Å²) in [6.45, 7) is 2.23. The maximum Gasteiger partial charge on any atom is 0.416 e. The van der Waals surface area contributed by atoms with E-state index in [0.717, 1.165) is 16.7 Å². The van der Waals surface area contributed by atoms with E-state index >= 15 is 0 Å². The zero-order valence-electron chi connectivity index (χ0n) is 21.1. The molecular formula is C30H31NO6. The Kier molecular flexibility index (Phi) is 8.56. The molecule has 0 bridgehead atoms. The molecule has 37 heavy (non-hydrogen) atoms. The van der Waals surface area contributed by atoms with Crippen molar-refractivity contribution in [2.75, 3.05) is 13.7 Å². The predicted molar refractivity (Wildman–Crippen MR) is 138 cm³/mol. The molecule has 0 saturated carbocycles. The number of benzene rings is 3. The van der Waals surface area contributed by atoms with E-state index in [1.807, 2.05) is 73.7 Å². The van der Waals surface area contributed by atoms with Gasteiger partial charge < -0.3 is 14.2 Å². The van der Waals surface area contributed by atoms with Crippen LogP contribution in [-0.4, -0.2) is 42.6 Å². The van der Waals surface area contributed by atoms with Crippen molar-refractivity contribution >= 4 is 18.0 Å². The van der Waals surface area contributed by atoms with Gasteiger partial charge in [-0.3, -0.25) is 4.79 Å². The van der Waals surface area contributed by atoms with Crippen LogP contribution in [0.4, 0.5) is 4.79 Å². The molecule has 4 rings (SSSR count). The number of hydrogen-bond acceptors (Lipinski definition) is 6. The Morgan fingerprint density at radius 2 is 1.65 bits per heavy atom. The summed E-state index contributed by atoms with van der Waals surface area (Å²) in [5.74, 6) is -0.833. The zero-order valence-corrected chi connectivity index (χ0v) is 21.1. The van der Waals surface area contributed by atoms with Gasteiger partial charge >= 0.3 is 12.1 Å². The molecule has 0 N–H and O–H groups in total. The van der Waals surface area contributed by atoms with Crippen LogP contribution in [-0.2, 0) is 33.7 Å². The van der Waals surface area contributed by atoms with E-state index in [1.54, 1.807) is 12.1 Å². The number of carbonyl (C=O) groups is 3. The summed E-state index contributed by atoms with van der Waals surface area (Å²) in [7, 11) is 1.49. The highest BCUT2D eigenvalue weighted by atomic mass is 16.6. The van der Waals surface area contributed by atoms with Crippen LogP contribution in [0.15, 0.2) is 78.9 Å². The highest BCUT2D eigenvalue weighted by Gasteiger charge is 2.40. The molecule has 7 nitrogen and oxygen atoms in total. The minimum absolute atomic E-state index is 0.142. The van der Waals surface area contributed by atoms with Gasteiger partial charge in [0.25, 0.3) is 0 Å². The fraction of sp³-hybridized carbons (Fsp3) is 0.300. The number of carbonyl (C=O) groups excluding carboxylic acids is 3. The van der Waals surface area contributed by atoms with Gasteiger partial charge in [0, 0.05) is 5.92 Å². The van der Waals surface area contributed by atoms with Crippen LogP contribution in [0.1, 0.15) is 40.4 Å². The first-order chi connectivity index (χ1) is 18.0. The van der Waals surface area contributed by atoms with E-state index in [-0.39, 0.29) is 25.2 Å². The largest absolute Gasteiger partial charge is 0.496 e. The summed E-state index contributed by atoms with van der Waals surface area (Å²) < 4.78 is 16.1. The summed E-state index contributed by atoms with van der Waals surface area (Å²) >= 11 is 0. The van der Waals surface area contributed by atoms with Crippen molar-refractivity contribution in [1.82, 2.24) is 4.90 Å². The fourth-order valence-electron chi connectivity index (χ4n) is 4.50. The first-order valence-corrected chi connectivity index (χ1v) is 12.4. The Hall–Kier alpha value is -4.13. The number of amides is 2. The van der Waals surface area contributed by atoms with Gasteiger partial charge in [-0.2, -0.15) is 0 Å². The van der Waals surface area contributed by atoms with E-state index in [9.17, 15) is 14.4 Å². The van der Waals surface area contributed by atoms with E-state index < -0.39 is 18.0 Å². The second-order valence-corrected chi connectivity index (χ2v) is 9.03. The molecule has 0 aromatic heterocycles. The lowest BCUT2D eigenvalue weighted by Crippen LogP contribution is -2.44. The molecule has 192 valence electrons. The van der Waals surface area contributed by atoms with Crippen LogP contribution in [0.5, 0.6) is 5.75 Å². The molecule has 3 aromatic carbocycles. The van der Waals surface area contributed by atoms with Crippen molar-refractivity contribution in [1.29, 1.82) is 0 Å². The molecule has 1 fully saturated rings. The van der Waals surface area contributed by atoms with Crippen LogP contribution in [0, 0.1) is 5.92 Å². The van der Waals surface area contributed by atoms with Gasteiger partial charge in [0.15, 0.2) is 0 Å². The van der Waals surface area contributed by atoms with E-state index in [0.29, 0.717) is 30.6 Å². The van der Waals surface area contributed by atoms with Crippen molar-refractivity contribution in [3.05, 3.63) is 101 Å². The number of esters is 1. The van der Waals surface area contributed by atoms with E-state index in [1.165, 1.54) is 12.0 Å². The Morgan fingerprint density at radius 1 is 0.973 bits per heavy atom. The third-order valence-corrected chi connectivity index (χ3v) is 6.53. The van der Waals surface area contributed by atoms with Crippen molar-refractivity contribution in [3.8, 4) is 5.75 Å². The van der Waals surface area contributed by atoms with E-state index in [2.05, 4.69) is 0 Å². The molecule has 3 aromatic rings. The number of methoxy groups -OCH3 is 1. The van der Waals surface area contributed by atoms with Crippen molar-refractivity contribution in [2.45, 2.75) is 38.8 Å². The SMILES string of the molecule is CC[C@H](Cc1ccc(OC)c(C(=O)OCc2ccccc2)c1)C(=O)N1C(=O)OC[C@@H]1Cc1ccccc1. The summed E-state index contributed by atoms with van der Waals surface area (Å²) in [6.07, 6.45) is 0.819. The van der Waals surface area contributed by atoms with Gasteiger partial charge in [-0.25, -0.2) is 14.5 Å². The maximum absolute atomic E-state index is 13.5. The zero-order chi connectivity index (χ0) is 26.2. The lowest BCUT2D eigenvalue weighted by molar-refractivity contribution is -0.133. The Morgan fingerprint density at radius 3 is 2.30 bits per heavy atom. The summed E-state index contributed by atoms with van der Waals surface area (Å²) in [4.78, 5) is 40.1. The molecule has 1 aliphatic heterocycles. The smallest absolute Gasteiger partial charge is 0.416 e. The molecule has 0 radical (unpaired) electrons. The number of cyclic esters (lactones) is 1. The molecule has 0 spiro atoms. The van der Waals surface area contributed by atoms with Gasteiger partial charge in [0.2, 0.25) is 5.91 Å². The molecule has 0 unspecified atom stereocenters. The number of hydrogen-bond donors (Lipinski definition) is 0. The van der Waals surface area contributed by atoms with Gasteiger partial charge in [-0.1, -0.05) is 73.7 Å². The second-order valence-electron chi connectivity index (χ2n) is 9.03. The maximum atomic E-state index is 13.5. The third-order valence-electron chi connectivity index (χ3n) is 6.53. The minimum Gasteiger partial charge on any atom is -0.496 e. The quantitative estimate of drug-likeness (QED) is 0.355.